The molecular formula is C13H14FNO. The normalized spacial score (nSPS) is 19.4. The van der Waals surface area contributed by atoms with Crippen molar-refractivity contribution in [3.05, 3.63) is 29.6 Å². The number of hydrogen-bond acceptors (Lipinski definition) is 1. The SMILES string of the molecule is O=C(C1CC1)N1CCCc2cc(F)ccc21. The fourth-order valence-electron chi connectivity index (χ4n) is 2.35. The minimum absolute atomic E-state index is 0.209. The van der Waals surface area contributed by atoms with Crippen molar-refractivity contribution in [1.82, 2.24) is 0 Å². The lowest BCUT2D eigenvalue weighted by atomic mass is 10.0. The summed E-state index contributed by atoms with van der Waals surface area (Å²) in [6, 6.07) is 4.74. The lowest BCUT2D eigenvalue weighted by Crippen LogP contribution is -2.36. The number of carbonyl (C=O) groups is 1. The molecule has 84 valence electrons. The van der Waals surface area contributed by atoms with E-state index in [0.29, 0.717) is 0 Å². The van der Waals surface area contributed by atoms with Gasteiger partial charge in [-0.05, 0) is 49.4 Å². The molecule has 2 aliphatic rings. The zero-order valence-corrected chi connectivity index (χ0v) is 9.08. The van der Waals surface area contributed by atoms with Crippen LogP contribution in [-0.4, -0.2) is 12.5 Å². The Kier molecular flexibility index (Phi) is 2.20. The van der Waals surface area contributed by atoms with E-state index in [1.807, 2.05) is 4.90 Å². The second kappa shape index (κ2) is 3.58. The average molecular weight is 219 g/mol. The lowest BCUT2D eigenvalue weighted by Gasteiger charge is -2.29. The summed E-state index contributed by atoms with van der Waals surface area (Å²) in [7, 11) is 0. The van der Waals surface area contributed by atoms with E-state index in [2.05, 4.69) is 0 Å². The maximum atomic E-state index is 13.1. The van der Waals surface area contributed by atoms with E-state index in [-0.39, 0.29) is 17.6 Å². The molecule has 1 amide bonds. The monoisotopic (exact) mass is 219 g/mol. The maximum Gasteiger partial charge on any atom is 0.230 e. The molecule has 16 heavy (non-hydrogen) atoms. The van der Waals surface area contributed by atoms with Crippen molar-refractivity contribution in [1.29, 1.82) is 0 Å². The first kappa shape index (κ1) is 9.82. The van der Waals surface area contributed by atoms with Gasteiger partial charge in [0, 0.05) is 18.2 Å². The van der Waals surface area contributed by atoms with Crippen molar-refractivity contribution in [3.8, 4) is 0 Å². The largest absolute Gasteiger partial charge is 0.312 e. The van der Waals surface area contributed by atoms with Gasteiger partial charge in [0.05, 0.1) is 0 Å². The zero-order valence-electron chi connectivity index (χ0n) is 9.08. The number of nitrogens with zero attached hydrogens (tertiary/aromatic N) is 1. The quantitative estimate of drug-likeness (QED) is 0.710. The number of rotatable bonds is 1. The fourth-order valence-corrected chi connectivity index (χ4v) is 2.35. The summed E-state index contributed by atoms with van der Waals surface area (Å²) in [4.78, 5) is 13.9. The minimum Gasteiger partial charge on any atom is -0.312 e. The van der Waals surface area contributed by atoms with Crippen LogP contribution in [-0.2, 0) is 11.2 Å². The standard InChI is InChI=1S/C13H14FNO/c14-11-5-6-12-10(8-11)2-1-7-15(12)13(16)9-3-4-9/h5-6,8-9H,1-4,7H2. The van der Waals surface area contributed by atoms with Crippen molar-refractivity contribution < 1.29 is 9.18 Å². The van der Waals surface area contributed by atoms with Crippen molar-refractivity contribution >= 4 is 11.6 Å². The van der Waals surface area contributed by atoms with E-state index >= 15 is 0 Å². The number of carbonyl (C=O) groups excluding carboxylic acids is 1. The Morgan fingerprint density at radius 2 is 2.19 bits per heavy atom. The third-order valence-electron chi connectivity index (χ3n) is 3.35. The van der Waals surface area contributed by atoms with Crippen LogP contribution in [0.1, 0.15) is 24.8 Å². The minimum atomic E-state index is -0.209. The third-order valence-corrected chi connectivity index (χ3v) is 3.35. The molecule has 0 spiro atoms. The van der Waals surface area contributed by atoms with Gasteiger partial charge in [-0.15, -0.1) is 0 Å². The highest BCUT2D eigenvalue weighted by molar-refractivity contribution is 5.97. The first-order valence-corrected chi connectivity index (χ1v) is 5.85. The summed E-state index contributed by atoms with van der Waals surface area (Å²) in [6.45, 7) is 0.786. The van der Waals surface area contributed by atoms with Crippen molar-refractivity contribution in [2.75, 3.05) is 11.4 Å². The van der Waals surface area contributed by atoms with Gasteiger partial charge in [-0.25, -0.2) is 4.39 Å². The number of benzene rings is 1. The molecule has 1 fully saturated rings. The molecule has 0 aromatic heterocycles. The van der Waals surface area contributed by atoms with Crippen LogP contribution in [0, 0.1) is 11.7 Å². The molecule has 2 nitrogen and oxygen atoms in total. The fraction of sp³-hybridized carbons (Fsp3) is 0.462. The zero-order chi connectivity index (χ0) is 11.1. The molecule has 1 heterocycles. The maximum absolute atomic E-state index is 13.1. The summed E-state index contributed by atoms with van der Waals surface area (Å²) in [6.07, 6.45) is 3.86. The van der Waals surface area contributed by atoms with Gasteiger partial charge in [-0.1, -0.05) is 0 Å². The lowest BCUT2D eigenvalue weighted by molar-refractivity contribution is -0.119. The number of aryl methyl sites for hydroxylation is 1. The molecule has 1 aromatic rings. The molecule has 3 rings (SSSR count). The molecule has 0 saturated heterocycles. The third kappa shape index (κ3) is 1.60. The van der Waals surface area contributed by atoms with E-state index in [4.69, 9.17) is 0 Å². The Morgan fingerprint density at radius 1 is 1.38 bits per heavy atom. The molecule has 1 aromatic carbocycles. The van der Waals surface area contributed by atoms with E-state index in [1.54, 1.807) is 12.1 Å². The highest BCUT2D eigenvalue weighted by Gasteiger charge is 2.35. The average Bonchev–Trinajstić information content (AvgIpc) is 3.10. The van der Waals surface area contributed by atoms with Crippen molar-refractivity contribution in [3.63, 3.8) is 0 Å². The molecule has 1 aliphatic carbocycles. The highest BCUT2D eigenvalue weighted by Crippen LogP contribution is 2.35. The Hall–Kier alpha value is -1.38. The first-order chi connectivity index (χ1) is 7.75. The Morgan fingerprint density at radius 3 is 2.94 bits per heavy atom. The highest BCUT2D eigenvalue weighted by atomic mass is 19.1. The predicted octanol–water partition coefficient (Wildman–Crippen LogP) is 2.51. The van der Waals surface area contributed by atoms with Gasteiger partial charge < -0.3 is 4.90 Å². The summed E-state index contributed by atoms with van der Waals surface area (Å²) < 4.78 is 13.1. The van der Waals surface area contributed by atoms with Crippen LogP contribution in [0.4, 0.5) is 10.1 Å². The van der Waals surface area contributed by atoms with Gasteiger partial charge >= 0.3 is 0 Å². The molecule has 0 atom stereocenters. The van der Waals surface area contributed by atoms with Crippen LogP contribution in [0.2, 0.25) is 0 Å². The van der Waals surface area contributed by atoms with Gasteiger partial charge in [-0.3, -0.25) is 4.79 Å². The summed E-state index contributed by atoms with van der Waals surface area (Å²) in [5.74, 6) is 0.253. The number of anilines is 1. The molecule has 0 radical (unpaired) electrons. The molecule has 1 saturated carbocycles. The molecule has 1 aliphatic heterocycles. The summed E-state index contributed by atoms with van der Waals surface area (Å²) in [5.41, 5.74) is 1.89. The Balaban J connectivity index is 1.95. The molecule has 0 unspecified atom stereocenters. The number of fused-ring (bicyclic) bond motifs is 1. The van der Waals surface area contributed by atoms with E-state index in [0.717, 1.165) is 43.5 Å². The number of halogens is 1. The number of amides is 1. The van der Waals surface area contributed by atoms with E-state index in [9.17, 15) is 9.18 Å². The van der Waals surface area contributed by atoms with Crippen LogP contribution >= 0.6 is 0 Å². The van der Waals surface area contributed by atoms with Crippen LogP contribution in [0.3, 0.4) is 0 Å². The van der Waals surface area contributed by atoms with E-state index in [1.165, 1.54) is 6.07 Å². The van der Waals surface area contributed by atoms with Gasteiger partial charge in [-0.2, -0.15) is 0 Å². The van der Waals surface area contributed by atoms with Gasteiger partial charge in [0.1, 0.15) is 5.82 Å². The van der Waals surface area contributed by atoms with E-state index < -0.39 is 0 Å². The van der Waals surface area contributed by atoms with Crippen molar-refractivity contribution in [2.45, 2.75) is 25.7 Å². The molecule has 0 N–H and O–H groups in total. The topological polar surface area (TPSA) is 20.3 Å². The van der Waals surface area contributed by atoms with Gasteiger partial charge in [0.2, 0.25) is 5.91 Å². The van der Waals surface area contributed by atoms with Gasteiger partial charge in [0.25, 0.3) is 0 Å². The Labute approximate surface area is 94.1 Å². The second-order valence-electron chi connectivity index (χ2n) is 4.64. The van der Waals surface area contributed by atoms with Crippen LogP contribution < -0.4 is 4.90 Å². The number of hydrogen-bond donors (Lipinski definition) is 0. The second-order valence-corrected chi connectivity index (χ2v) is 4.64. The molecular weight excluding hydrogens is 205 g/mol. The molecule has 0 bridgehead atoms. The molecule has 3 heteroatoms. The van der Waals surface area contributed by atoms with Crippen LogP contribution in [0.5, 0.6) is 0 Å². The predicted molar refractivity (Wildman–Crippen MR) is 59.8 cm³/mol. The van der Waals surface area contributed by atoms with Crippen molar-refractivity contribution in [2.24, 2.45) is 5.92 Å². The van der Waals surface area contributed by atoms with Crippen LogP contribution in [0.25, 0.3) is 0 Å². The smallest absolute Gasteiger partial charge is 0.230 e. The van der Waals surface area contributed by atoms with Gasteiger partial charge in [0.15, 0.2) is 0 Å². The Bertz CT molecular complexity index is 440. The summed E-state index contributed by atoms with van der Waals surface area (Å²) in [5, 5.41) is 0. The summed E-state index contributed by atoms with van der Waals surface area (Å²) >= 11 is 0. The first-order valence-electron chi connectivity index (χ1n) is 5.85. The van der Waals surface area contributed by atoms with Crippen LogP contribution in [0.15, 0.2) is 18.2 Å².